The van der Waals surface area contributed by atoms with Crippen LogP contribution in [0.1, 0.15) is 38.3 Å². The van der Waals surface area contributed by atoms with Crippen LogP contribution in [-0.4, -0.2) is 18.3 Å². The molecule has 3 heteroatoms. The monoisotopic (exact) mass is 239 g/mol. The van der Waals surface area contributed by atoms with Gasteiger partial charge in [0.1, 0.15) is 5.82 Å². The van der Waals surface area contributed by atoms with Gasteiger partial charge in [-0.2, -0.15) is 0 Å². The molecule has 0 spiro atoms. The van der Waals surface area contributed by atoms with Crippen molar-refractivity contribution in [2.75, 3.05) is 13.2 Å². The Morgan fingerprint density at radius 2 is 2.18 bits per heavy atom. The maximum absolute atomic E-state index is 13.1. The molecule has 1 aromatic carbocycles. The van der Waals surface area contributed by atoms with Crippen LogP contribution >= 0.6 is 0 Å². The second-order valence-corrected chi connectivity index (χ2v) is 4.47. The summed E-state index contributed by atoms with van der Waals surface area (Å²) in [6.07, 6.45) is 1.86. The minimum Gasteiger partial charge on any atom is -0.396 e. The van der Waals surface area contributed by atoms with Crippen molar-refractivity contribution in [2.24, 2.45) is 5.92 Å². The maximum atomic E-state index is 13.1. The van der Waals surface area contributed by atoms with Gasteiger partial charge in [0.05, 0.1) is 0 Å². The summed E-state index contributed by atoms with van der Waals surface area (Å²) in [5, 5.41) is 12.3. The van der Waals surface area contributed by atoms with Crippen LogP contribution in [0.4, 0.5) is 4.39 Å². The Labute approximate surface area is 103 Å². The number of aliphatic hydroxyl groups excluding tert-OH is 1. The van der Waals surface area contributed by atoms with Crippen LogP contribution in [0, 0.1) is 11.7 Å². The fraction of sp³-hybridized carbons (Fsp3) is 0.571. The summed E-state index contributed by atoms with van der Waals surface area (Å²) in [4.78, 5) is 0. The number of nitrogens with one attached hydrogen (secondary N) is 1. The van der Waals surface area contributed by atoms with Gasteiger partial charge in [0.25, 0.3) is 0 Å². The standard InChI is InChI=1S/C14H22FNO/c1-3-12(7-8-17)10-16-11(2)13-5-4-6-14(15)9-13/h4-6,9,11-12,16-17H,3,7-8,10H2,1-2H3. The SMILES string of the molecule is CCC(CCO)CNC(C)c1cccc(F)c1. The summed E-state index contributed by atoms with van der Waals surface area (Å²) in [6, 6.07) is 6.81. The lowest BCUT2D eigenvalue weighted by Crippen LogP contribution is -2.26. The van der Waals surface area contributed by atoms with Crippen LogP contribution in [-0.2, 0) is 0 Å². The Hall–Kier alpha value is -0.930. The molecule has 0 saturated heterocycles. The lowest BCUT2D eigenvalue weighted by Gasteiger charge is -2.19. The minimum absolute atomic E-state index is 0.137. The van der Waals surface area contributed by atoms with Crippen LogP contribution in [0.2, 0.25) is 0 Å². The Morgan fingerprint density at radius 3 is 2.76 bits per heavy atom. The van der Waals surface area contributed by atoms with E-state index in [0.717, 1.165) is 24.9 Å². The maximum Gasteiger partial charge on any atom is 0.123 e. The third-order valence-electron chi connectivity index (χ3n) is 3.18. The third-order valence-corrected chi connectivity index (χ3v) is 3.18. The van der Waals surface area contributed by atoms with E-state index in [0.29, 0.717) is 5.92 Å². The van der Waals surface area contributed by atoms with Crippen molar-refractivity contribution in [3.8, 4) is 0 Å². The molecule has 2 N–H and O–H groups in total. The molecule has 0 fully saturated rings. The van der Waals surface area contributed by atoms with Gasteiger partial charge in [-0.1, -0.05) is 25.5 Å². The van der Waals surface area contributed by atoms with E-state index in [1.54, 1.807) is 12.1 Å². The average molecular weight is 239 g/mol. The van der Waals surface area contributed by atoms with Crippen molar-refractivity contribution < 1.29 is 9.50 Å². The zero-order chi connectivity index (χ0) is 12.7. The van der Waals surface area contributed by atoms with E-state index in [9.17, 15) is 4.39 Å². The number of hydrogen-bond donors (Lipinski definition) is 2. The zero-order valence-electron chi connectivity index (χ0n) is 10.6. The molecule has 0 aliphatic carbocycles. The van der Waals surface area contributed by atoms with Gasteiger partial charge >= 0.3 is 0 Å². The molecule has 0 heterocycles. The molecule has 1 rings (SSSR count). The molecule has 0 aliphatic heterocycles. The van der Waals surface area contributed by atoms with Gasteiger partial charge in [0.15, 0.2) is 0 Å². The highest BCUT2D eigenvalue weighted by Crippen LogP contribution is 2.15. The van der Waals surface area contributed by atoms with Gasteiger partial charge < -0.3 is 10.4 Å². The van der Waals surface area contributed by atoms with Crippen LogP contribution in [0.25, 0.3) is 0 Å². The first-order chi connectivity index (χ1) is 8.17. The minimum atomic E-state index is -0.196. The van der Waals surface area contributed by atoms with E-state index in [-0.39, 0.29) is 18.5 Å². The quantitative estimate of drug-likeness (QED) is 0.767. The number of rotatable bonds is 7. The van der Waals surface area contributed by atoms with Crippen LogP contribution in [0.15, 0.2) is 24.3 Å². The molecular weight excluding hydrogens is 217 g/mol. The molecule has 1 aromatic rings. The summed E-state index contributed by atoms with van der Waals surface area (Å²) in [7, 11) is 0. The lowest BCUT2D eigenvalue weighted by molar-refractivity contribution is 0.249. The predicted octanol–water partition coefficient (Wildman–Crippen LogP) is 2.88. The van der Waals surface area contributed by atoms with Gasteiger partial charge in [-0.3, -0.25) is 0 Å². The third kappa shape index (κ3) is 4.84. The first-order valence-corrected chi connectivity index (χ1v) is 6.27. The smallest absolute Gasteiger partial charge is 0.123 e. The number of halogens is 1. The van der Waals surface area contributed by atoms with Gasteiger partial charge in [-0.15, -0.1) is 0 Å². The molecular formula is C14H22FNO. The molecule has 0 aromatic heterocycles. The van der Waals surface area contributed by atoms with Gasteiger partial charge in [0.2, 0.25) is 0 Å². The van der Waals surface area contributed by atoms with Gasteiger partial charge in [0, 0.05) is 12.6 Å². The van der Waals surface area contributed by atoms with Crippen LogP contribution in [0.3, 0.4) is 0 Å². The number of benzene rings is 1. The largest absolute Gasteiger partial charge is 0.396 e. The normalized spacial score (nSPS) is 14.6. The molecule has 17 heavy (non-hydrogen) atoms. The van der Waals surface area contributed by atoms with Gasteiger partial charge in [-0.25, -0.2) is 4.39 Å². The van der Waals surface area contributed by atoms with Crippen molar-refractivity contribution in [1.29, 1.82) is 0 Å². The van der Waals surface area contributed by atoms with Crippen LogP contribution in [0.5, 0.6) is 0 Å². The second kappa shape index (κ2) is 7.41. The van der Waals surface area contributed by atoms with Crippen molar-refractivity contribution in [2.45, 2.75) is 32.7 Å². The highest BCUT2D eigenvalue weighted by Gasteiger charge is 2.09. The number of hydrogen-bond acceptors (Lipinski definition) is 2. The van der Waals surface area contributed by atoms with Gasteiger partial charge in [-0.05, 0) is 43.5 Å². The zero-order valence-corrected chi connectivity index (χ0v) is 10.6. The Bertz CT molecular complexity index is 330. The van der Waals surface area contributed by atoms with Crippen molar-refractivity contribution >= 4 is 0 Å². The van der Waals surface area contributed by atoms with Crippen molar-refractivity contribution in [1.82, 2.24) is 5.32 Å². The molecule has 0 saturated carbocycles. The molecule has 2 nitrogen and oxygen atoms in total. The van der Waals surface area contributed by atoms with Crippen LogP contribution < -0.4 is 5.32 Å². The van der Waals surface area contributed by atoms with E-state index in [4.69, 9.17) is 5.11 Å². The Balaban J connectivity index is 2.46. The molecule has 0 amide bonds. The topological polar surface area (TPSA) is 32.3 Å². The fourth-order valence-electron chi connectivity index (χ4n) is 1.87. The Kier molecular flexibility index (Phi) is 6.16. The Morgan fingerprint density at radius 1 is 1.41 bits per heavy atom. The molecule has 0 radical (unpaired) electrons. The molecule has 0 bridgehead atoms. The molecule has 96 valence electrons. The summed E-state index contributed by atoms with van der Waals surface area (Å²) < 4.78 is 13.1. The molecule has 0 aliphatic rings. The van der Waals surface area contributed by atoms with Crippen molar-refractivity contribution in [3.63, 3.8) is 0 Å². The second-order valence-electron chi connectivity index (χ2n) is 4.47. The molecule has 2 unspecified atom stereocenters. The number of aliphatic hydroxyl groups is 1. The molecule has 2 atom stereocenters. The van der Waals surface area contributed by atoms with E-state index in [1.165, 1.54) is 6.07 Å². The van der Waals surface area contributed by atoms with E-state index in [2.05, 4.69) is 12.2 Å². The first kappa shape index (κ1) is 14.1. The highest BCUT2D eigenvalue weighted by atomic mass is 19.1. The van der Waals surface area contributed by atoms with Crippen molar-refractivity contribution in [3.05, 3.63) is 35.6 Å². The lowest BCUT2D eigenvalue weighted by atomic mass is 10.0. The van der Waals surface area contributed by atoms with E-state index in [1.807, 2.05) is 13.0 Å². The highest BCUT2D eigenvalue weighted by molar-refractivity contribution is 5.19. The summed E-state index contributed by atoms with van der Waals surface area (Å²) >= 11 is 0. The summed E-state index contributed by atoms with van der Waals surface area (Å²) in [5.41, 5.74) is 0.962. The fourth-order valence-corrected chi connectivity index (χ4v) is 1.87. The average Bonchev–Trinajstić information content (AvgIpc) is 2.34. The summed E-state index contributed by atoms with van der Waals surface area (Å²) in [5.74, 6) is 0.287. The van der Waals surface area contributed by atoms with E-state index >= 15 is 0 Å². The first-order valence-electron chi connectivity index (χ1n) is 6.27. The van der Waals surface area contributed by atoms with E-state index < -0.39 is 0 Å². The summed E-state index contributed by atoms with van der Waals surface area (Å²) in [6.45, 7) is 5.23. The predicted molar refractivity (Wildman–Crippen MR) is 68.3 cm³/mol.